The van der Waals surface area contributed by atoms with E-state index < -0.39 is 0 Å². The Balaban J connectivity index is 1.78. The lowest BCUT2D eigenvalue weighted by atomic mass is 10.2. The SMILES string of the molecule is CC(=O)N1CCN(C(=O)CC(=O)N2CCCC2)CC1. The number of likely N-dealkylation sites (tertiary alicyclic amines) is 1. The molecule has 0 radical (unpaired) electrons. The molecule has 0 aliphatic carbocycles. The van der Waals surface area contributed by atoms with E-state index in [1.165, 1.54) is 6.92 Å². The van der Waals surface area contributed by atoms with Crippen LogP contribution in [0.2, 0.25) is 0 Å². The van der Waals surface area contributed by atoms with Crippen LogP contribution in [0.5, 0.6) is 0 Å². The lowest BCUT2D eigenvalue weighted by molar-refractivity contribution is -0.143. The zero-order valence-corrected chi connectivity index (χ0v) is 11.4. The van der Waals surface area contributed by atoms with E-state index in [0.717, 1.165) is 25.9 Å². The number of rotatable bonds is 2. The summed E-state index contributed by atoms with van der Waals surface area (Å²) in [7, 11) is 0. The maximum Gasteiger partial charge on any atom is 0.232 e. The molecule has 0 saturated carbocycles. The monoisotopic (exact) mass is 267 g/mol. The van der Waals surface area contributed by atoms with E-state index in [4.69, 9.17) is 0 Å². The summed E-state index contributed by atoms with van der Waals surface area (Å²) in [5, 5.41) is 0. The lowest BCUT2D eigenvalue weighted by Gasteiger charge is -2.34. The highest BCUT2D eigenvalue weighted by atomic mass is 16.2. The van der Waals surface area contributed by atoms with Gasteiger partial charge in [0, 0.05) is 46.2 Å². The number of carbonyl (C=O) groups excluding carboxylic acids is 3. The molecule has 0 aromatic heterocycles. The molecule has 0 N–H and O–H groups in total. The fourth-order valence-electron chi connectivity index (χ4n) is 2.59. The van der Waals surface area contributed by atoms with E-state index in [0.29, 0.717) is 26.2 Å². The van der Waals surface area contributed by atoms with Crippen molar-refractivity contribution in [3.63, 3.8) is 0 Å². The minimum atomic E-state index is -0.111. The Kier molecular flexibility index (Phi) is 4.39. The number of hydrogen-bond acceptors (Lipinski definition) is 3. The van der Waals surface area contributed by atoms with Gasteiger partial charge in [-0.3, -0.25) is 14.4 Å². The molecule has 0 unspecified atom stereocenters. The third-order valence-corrected chi connectivity index (χ3v) is 3.84. The van der Waals surface area contributed by atoms with Gasteiger partial charge in [-0.25, -0.2) is 0 Å². The Morgan fingerprint density at radius 3 is 1.63 bits per heavy atom. The summed E-state index contributed by atoms with van der Waals surface area (Å²) in [6.45, 7) is 5.30. The fraction of sp³-hybridized carbons (Fsp3) is 0.769. The van der Waals surface area contributed by atoms with Gasteiger partial charge in [0.1, 0.15) is 6.42 Å². The van der Waals surface area contributed by atoms with Gasteiger partial charge >= 0.3 is 0 Å². The first kappa shape index (κ1) is 13.8. The van der Waals surface area contributed by atoms with Crippen LogP contribution in [0, 0.1) is 0 Å². The quantitative estimate of drug-likeness (QED) is 0.645. The summed E-state index contributed by atoms with van der Waals surface area (Å²) in [5.74, 6) is -0.128. The van der Waals surface area contributed by atoms with Gasteiger partial charge in [-0.1, -0.05) is 0 Å². The van der Waals surface area contributed by atoms with Gasteiger partial charge in [0.15, 0.2) is 0 Å². The first-order chi connectivity index (χ1) is 9.08. The summed E-state index contributed by atoms with van der Waals surface area (Å²) < 4.78 is 0. The summed E-state index contributed by atoms with van der Waals surface area (Å²) >= 11 is 0. The third-order valence-electron chi connectivity index (χ3n) is 3.84. The Bertz CT molecular complexity index is 369. The van der Waals surface area contributed by atoms with Crippen molar-refractivity contribution < 1.29 is 14.4 Å². The summed E-state index contributed by atoms with van der Waals surface area (Å²) in [4.78, 5) is 40.3. The van der Waals surface area contributed by atoms with Crippen molar-refractivity contribution in [2.75, 3.05) is 39.3 Å². The molecule has 2 aliphatic rings. The molecule has 6 nitrogen and oxygen atoms in total. The maximum atomic E-state index is 12.0. The van der Waals surface area contributed by atoms with Gasteiger partial charge in [-0.05, 0) is 12.8 Å². The number of carbonyl (C=O) groups is 3. The predicted molar refractivity (Wildman–Crippen MR) is 69.3 cm³/mol. The van der Waals surface area contributed by atoms with Crippen LogP contribution in [0.25, 0.3) is 0 Å². The highest BCUT2D eigenvalue weighted by Crippen LogP contribution is 2.11. The number of piperazine rings is 1. The molecule has 6 heteroatoms. The van der Waals surface area contributed by atoms with Crippen LogP contribution >= 0.6 is 0 Å². The van der Waals surface area contributed by atoms with Crippen LogP contribution in [-0.2, 0) is 14.4 Å². The van der Waals surface area contributed by atoms with E-state index in [2.05, 4.69) is 0 Å². The van der Waals surface area contributed by atoms with E-state index in [1.54, 1.807) is 14.7 Å². The molecular formula is C13H21N3O3. The first-order valence-electron chi connectivity index (χ1n) is 6.89. The molecule has 0 aromatic rings. The second-order valence-corrected chi connectivity index (χ2v) is 5.15. The van der Waals surface area contributed by atoms with E-state index in [9.17, 15) is 14.4 Å². The van der Waals surface area contributed by atoms with Crippen molar-refractivity contribution in [3.05, 3.63) is 0 Å². The topological polar surface area (TPSA) is 60.9 Å². The molecule has 0 bridgehead atoms. The van der Waals surface area contributed by atoms with Gasteiger partial charge in [0.2, 0.25) is 17.7 Å². The third kappa shape index (κ3) is 3.45. The van der Waals surface area contributed by atoms with Crippen LogP contribution in [0.3, 0.4) is 0 Å². The normalized spacial score (nSPS) is 19.7. The summed E-state index contributed by atoms with van der Waals surface area (Å²) in [6.07, 6.45) is 2.05. The van der Waals surface area contributed by atoms with Crippen molar-refractivity contribution in [1.29, 1.82) is 0 Å². The van der Waals surface area contributed by atoms with Crippen molar-refractivity contribution in [3.8, 4) is 0 Å². The zero-order chi connectivity index (χ0) is 13.8. The molecule has 2 saturated heterocycles. The largest absolute Gasteiger partial charge is 0.342 e. The van der Waals surface area contributed by atoms with Crippen molar-refractivity contribution in [2.24, 2.45) is 0 Å². The standard InChI is InChI=1S/C13H21N3O3/c1-11(17)14-6-8-16(9-7-14)13(19)10-12(18)15-4-2-3-5-15/h2-10H2,1H3. The van der Waals surface area contributed by atoms with Crippen molar-refractivity contribution in [2.45, 2.75) is 26.2 Å². The van der Waals surface area contributed by atoms with Gasteiger partial charge in [-0.2, -0.15) is 0 Å². The minimum Gasteiger partial charge on any atom is -0.342 e. The second-order valence-electron chi connectivity index (χ2n) is 5.15. The van der Waals surface area contributed by atoms with E-state index in [1.807, 2.05) is 0 Å². The molecule has 2 fully saturated rings. The molecule has 2 aliphatic heterocycles. The molecule has 3 amide bonds. The van der Waals surface area contributed by atoms with Crippen molar-refractivity contribution in [1.82, 2.24) is 14.7 Å². The molecular weight excluding hydrogens is 246 g/mol. The van der Waals surface area contributed by atoms with Crippen LogP contribution in [0.1, 0.15) is 26.2 Å². The summed E-state index contributed by atoms with van der Waals surface area (Å²) in [6, 6.07) is 0. The highest BCUT2D eigenvalue weighted by Gasteiger charge is 2.26. The minimum absolute atomic E-state index is 0.0277. The smallest absolute Gasteiger partial charge is 0.232 e. The fourth-order valence-corrected chi connectivity index (χ4v) is 2.59. The molecule has 106 valence electrons. The molecule has 2 heterocycles. The molecule has 2 rings (SSSR count). The molecule has 0 atom stereocenters. The number of amides is 3. The number of hydrogen-bond donors (Lipinski definition) is 0. The average Bonchev–Trinajstić information content (AvgIpc) is 2.92. The molecule has 0 spiro atoms. The van der Waals surface area contributed by atoms with Gasteiger partial charge in [0.25, 0.3) is 0 Å². The predicted octanol–water partition coefficient (Wildman–Crippen LogP) is -0.310. The van der Waals surface area contributed by atoms with Gasteiger partial charge in [0.05, 0.1) is 0 Å². The second kappa shape index (κ2) is 6.04. The average molecular weight is 267 g/mol. The first-order valence-corrected chi connectivity index (χ1v) is 6.89. The highest BCUT2D eigenvalue weighted by molar-refractivity contribution is 5.97. The Morgan fingerprint density at radius 2 is 1.16 bits per heavy atom. The Hall–Kier alpha value is -1.59. The van der Waals surface area contributed by atoms with Crippen LogP contribution in [-0.4, -0.2) is 71.7 Å². The van der Waals surface area contributed by atoms with E-state index >= 15 is 0 Å². The van der Waals surface area contributed by atoms with Crippen molar-refractivity contribution >= 4 is 17.7 Å². The van der Waals surface area contributed by atoms with Gasteiger partial charge < -0.3 is 14.7 Å². The Labute approximate surface area is 113 Å². The molecule has 19 heavy (non-hydrogen) atoms. The van der Waals surface area contributed by atoms with Crippen LogP contribution in [0.4, 0.5) is 0 Å². The number of nitrogens with zero attached hydrogens (tertiary/aromatic N) is 3. The maximum absolute atomic E-state index is 12.0. The van der Waals surface area contributed by atoms with Crippen LogP contribution < -0.4 is 0 Å². The van der Waals surface area contributed by atoms with E-state index in [-0.39, 0.29) is 24.1 Å². The molecule has 0 aromatic carbocycles. The zero-order valence-electron chi connectivity index (χ0n) is 11.4. The van der Waals surface area contributed by atoms with Crippen LogP contribution in [0.15, 0.2) is 0 Å². The lowest BCUT2D eigenvalue weighted by Crippen LogP contribution is -2.50. The van der Waals surface area contributed by atoms with Gasteiger partial charge in [-0.15, -0.1) is 0 Å². The Morgan fingerprint density at radius 1 is 0.737 bits per heavy atom. The summed E-state index contributed by atoms with van der Waals surface area (Å²) in [5.41, 5.74) is 0.